The van der Waals surface area contributed by atoms with E-state index in [0.717, 1.165) is 64.2 Å². The Morgan fingerprint density at radius 3 is 2.34 bits per heavy atom. The summed E-state index contributed by atoms with van der Waals surface area (Å²) in [6.07, 6.45) is 1.94. The van der Waals surface area contributed by atoms with Gasteiger partial charge in [-0.25, -0.2) is 4.39 Å². The lowest BCUT2D eigenvalue weighted by Crippen LogP contribution is -2.52. The molecule has 2 heterocycles. The summed E-state index contributed by atoms with van der Waals surface area (Å²) in [5.74, 6) is 0.161. The van der Waals surface area contributed by atoms with Crippen molar-refractivity contribution in [1.29, 1.82) is 0 Å². The van der Waals surface area contributed by atoms with Crippen LogP contribution in [0.4, 0.5) is 4.39 Å². The molecule has 5 heteroatoms. The molecule has 4 rings (SSSR count). The molecule has 2 saturated heterocycles. The van der Waals surface area contributed by atoms with Crippen molar-refractivity contribution in [2.24, 2.45) is 5.92 Å². The van der Waals surface area contributed by atoms with Gasteiger partial charge >= 0.3 is 0 Å². The van der Waals surface area contributed by atoms with Crippen LogP contribution in [0.5, 0.6) is 0 Å². The van der Waals surface area contributed by atoms with Gasteiger partial charge in [0, 0.05) is 51.4 Å². The predicted octanol–water partition coefficient (Wildman–Crippen LogP) is 3.38. The predicted molar refractivity (Wildman–Crippen MR) is 113 cm³/mol. The van der Waals surface area contributed by atoms with Crippen LogP contribution in [0, 0.1) is 11.7 Å². The zero-order chi connectivity index (χ0) is 20.1. The Kier molecular flexibility index (Phi) is 6.57. The van der Waals surface area contributed by atoms with Gasteiger partial charge in [-0.3, -0.25) is 14.6 Å². The number of amides is 1. The summed E-state index contributed by atoms with van der Waals surface area (Å²) >= 11 is 0. The van der Waals surface area contributed by atoms with Gasteiger partial charge in [-0.2, -0.15) is 0 Å². The van der Waals surface area contributed by atoms with Crippen LogP contribution < -0.4 is 0 Å². The summed E-state index contributed by atoms with van der Waals surface area (Å²) in [4.78, 5) is 19.8. The van der Waals surface area contributed by atoms with E-state index in [1.54, 1.807) is 6.07 Å². The maximum absolute atomic E-state index is 14.0. The third-order valence-electron chi connectivity index (χ3n) is 6.14. The highest BCUT2D eigenvalue weighted by Crippen LogP contribution is 2.22. The lowest BCUT2D eigenvalue weighted by molar-refractivity contribution is -0.139. The summed E-state index contributed by atoms with van der Waals surface area (Å²) in [6, 6.07) is 17.5. The Morgan fingerprint density at radius 2 is 1.59 bits per heavy atom. The number of likely N-dealkylation sites (tertiary alicyclic amines) is 1. The van der Waals surface area contributed by atoms with Crippen molar-refractivity contribution < 1.29 is 9.18 Å². The van der Waals surface area contributed by atoms with E-state index in [2.05, 4.69) is 34.1 Å². The standard InChI is InChI=1S/C24H30FN3O/c25-23-11-5-4-9-21(23)18-27-12-6-10-22(19-27)24(29)28-15-13-26(14-16-28)17-20-7-2-1-3-8-20/h1-5,7-9,11,22H,6,10,12-19H2. The number of hydrogen-bond donors (Lipinski definition) is 0. The van der Waals surface area contributed by atoms with Crippen molar-refractivity contribution in [2.45, 2.75) is 25.9 Å². The van der Waals surface area contributed by atoms with E-state index in [1.807, 2.05) is 23.1 Å². The van der Waals surface area contributed by atoms with Gasteiger partial charge in [0.1, 0.15) is 5.82 Å². The first-order valence-electron chi connectivity index (χ1n) is 10.7. The number of hydrogen-bond acceptors (Lipinski definition) is 3. The van der Waals surface area contributed by atoms with E-state index in [4.69, 9.17) is 0 Å². The highest BCUT2D eigenvalue weighted by Gasteiger charge is 2.31. The van der Waals surface area contributed by atoms with Gasteiger partial charge in [-0.15, -0.1) is 0 Å². The average Bonchev–Trinajstić information content (AvgIpc) is 2.76. The van der Waals surface area contributed by atoms with Crippen molar-refractivity contribution in [3.63, 3.8) is 0 Å². The second kappa shape index (κ2) is 9.51. The summed E-state index contributed by atoms with van der Waals surface area (Å²) in [7, 11) is 0. The zero-order valence-electron chi connectivity index (χ0n) is 17.0. The van der Waals surface area contributed by atoms with Crippen molar-refractivity contribution >= 4 is 5.91 Å². The summed E-state index contributed by atoms with van der Waals surface area (Å²) in [5.41, 5.74) is 2.04. The molecule has 0 bridgehead atoms. The van der Waals surface area contributed by atoms with E-state index in [-0.39, 0.29) is 17.6 Å². The Balaban J connectivity index is 1.27. The first-order valence-corrected chi connectivity index (χ1v) is 10.7. The van der Waals surface area contributed by atoms with Gasteiger partial charge in [0.05, 0.1) is 5.92 Å². The first-order chi connectivity index (χ1) is 14.2. The highest BCUT2D eigenvalue weighted by atomic mass is 19.1. The minimum absolute atomic E-state index is 0.0381. The number of halogens is 1. The first kappa shape index (κ1) is 20.0. The fraction of sp³-hybridized carbons (Fsp3) is 0.458. The maximum Gasteiger partial charge on any atom is 0.227 e. The molecule has 0 aliphatic carbocycles. The van der Waals surface area contributed by atoms with Gasteiger partial charge in [0.15, 0.2) is 0 Å². The SMILES string of the molecule is O=C(C1CCCN(Cc2ccccc2F)C1)N1CCN(Cc2ccccc2)CC1. The second-order valence-electron chi connectivity index (χ2n) is 8.25. The van der Waals surface area contributed by atoms with Gasteiger partial charge < -0.3 is 4.90 Å². The maximum atomic E-state index is 14.0. The number of nitrogens with zero attached hydrogens (tertiary/aromatic N) is 3. The molecule has 29 heavy (non-hydrogen) atoms. The Hall–Kier alpha value is -2.24. The molecule has 2 aliphatic rings. The Labute approximate surface area is 172 Å². The van der Waals surface area contributed by atoms with Gasteiger partial charge in [0.2, 0.25) is 5.91 Å². The summed E-state index contributed by atoms with van der Waals surface area (Å²) in [6.45, 7) is 6.65. The van der Waals surface area contributed by atoms with E-state index in [9.17, 15) is 9.18 Å². The molecule has 1 amide bonds. The van der Waals surface area contributed by atoms with Crippen LogP contribution in [0.25, 0.3) is 0 Å². The van der Waals surface area contributed by atoms with Crippen LogP contribution in [-0.4, -0.2) is 59.9 Å². The molecule has 1 unspecified atom stereocenters. The van der Waals surface area contributed by atoms with E-state index < -0.39 is 0 Å². The molecule has 2 fully saturated rings. The van der Waals surface area contributed by atoms with Crippen LogP contribution >= 0.6 is 0 Å². The van der Waals surface area contributed by atoms with Gasteiger partial charge in [0.25, 0.3) is 0 Å². The molecule has 4 nitrogen and oxygen atoms in total. The molecule has 0 radical (unpaired) electrons. The molecule has 0 aromatic heterocycles. The van der Waals surface area contributed by atoms with Crippen LogP contribution in [-0.2, 0) is 17.9 Å². The van der Waals surface area contributed by atoms with E-state index in [0.29, 0.717) is 6.54 Å². The van der Waals surface area contributed by atoms with Crippen LogP contribution in [0.1, 0.15) is 24.0 Å². The highest BCUT2D eigenvalue weighted by molar-refractivity contribution is 5.79. The molecular weight excluding hydrogens is 365 g/mol. The van der Waals surface area contributed by atoms with E-state index in [1.165, 1.54) is 11.6 Å². The summed E-state index contributed by atoms with van der Waals surface area (Å²) in [5, 5.41) is 0. The fourth-order valence-corrected chi connectivity index (χ4v) is 4.49. The molecule has 2 aliphatic heterocycles. The minimum Gasteiger partial charge on any atom is -0.340 e. The molecule has 1 atom stereocenters. The molecule has 0 N–H and O–H groups in total. The third-order valence-corrected chi connectivity index (χ3v) is 6.14. The topological polar surface area (TPSA) is 26.8 Å². The Bertz CT molecular complexity index is 805. The smallest absolute Gasteiger partial charge is 0.227 e. The molecule has 2 aromatic rings. The third kappa shape index (κ3) is 5.22. The molecular formula is C24H30FN3O. The molecule has 0 spiro atoms. The van der Waals surface area contributed by atoms with Crippen LogP contribution in [0.3, 0.4) is 0 Å². The van der Waals surface area contributed by atoms with Crippen molar-refractivity contribution in [3.8, 4) is 0 Å². The van der Waals surface area contributed by atoms with E-state index >= 15 is 0 Å². The van der Waals surface area contributed by atoms with Crippen molar-refractivity contribution in [1.82, 2.24) is 14.7 Å². The van der Waals surface area contributed by atoms with Gasteiger partial charge in [-0.05, 0) is 31.0 Å². The quantitative estimate of drug-likeness (QED) is 0.777. The molecule has 0 saturated carbocycles. The molecule has 154 valence electrons. The number of benzene rings is 2. The van der Waals surface area contributed by atoms with Gasteiger partial charge in [-0.1, -0.05) is 48.5 Å². The summed E-state index contributed by atoms with van der Waals surface area (Å²) < 4.78 is 14.0. The lowest BCUT2D eigenvalue weighted by Gasteiger charge is -2.39. The minimum atomic E-state index is -0.157. The number of piperazine rings is 1. The number of piperidine rings is 1. The number of carbonyl (C=O) groups excluding carboxylic acids is 1. The Morgan fingerprint density at radius 1 is 0.862 bits per heavy atom. The number of rotatable bonds is 5. The number of carbonyl (C=O) groups is 1. The van der Waals surface area contributed by atoms with Crippen molar-refractivity contribution in [2.75, 3.05) is 39.3 Å². The monoisotopic (exact) mass is 395 g/mol. The van der Waals surface area contributed by atoms with Crippen LogP contribution in [0.15, 0.2) is 54.6 Å². The average molecular weight is 396 g/mol. The lowest BCUT2D eigenvalue weighted by atomic mass is 9.95. The largest absolute Gasteiger partial charge is 0.340 e. The fourth-order valence-electron chi connectivity index (χ4n) is 4.49. The van der Waals surface area contributed by atoms with Crippen molar-refractivity contribution in [3.05, 3.63) is 71.5 Å². The molecule has 2 aromatic carbocycles. The van der Waals surface area contributed by atoms with Crippen LogP contribution in [0.2, 0.25) is 0 Å². The normalized spacial score (nSPS) is 21.3. The zero-order valence-corrected chi connectivity index (χ0v) is 17.0. The second-order valence-corrected chi connectivity index (χ2v) is 8.25.